The molecule has 0 saturated heterocycles. The van der Waals surface area contributed by atoms with E-state index < -0.39 is 11.7 Å². The third kappa shape index (κ3) is 1.76. The first kappa shape index (κ1) is 9.06. The van der Waals surface area contributed by atoms with Crippen LogP contribution in [-0.2, 0) is 6.18 Å². The smallest absolute Gasteiger partial charge is 0.422 e. The van der Waals surface area contributed by atoms with Crippen molar-refractivity contribution >= 4 is 5.69 Å². The summed E-state index contributed by atoms with van der Waals surface area (Å²) in [4.78, 5) is 0. The maximum absolute atomic E-state index is 12.2. The molecule has 0 saturated carbocycles. The lowest BCUT2D eigenvalue weighted by Gasteiger charge is -2.10. The SMILES string of the molecule is [CH2-][NH2+]c1ccccc1C(F)(F)F. The summed E-state index contributed by atoms with van der Waals surface area (Å²) in [6.07, 6.45) is -4.29. The summed E-state index contributed by atoms with van der Waals surface area (Å²) in [5, 5.41) is 1.20. The summed E-state index contributed by atoms with van der Waals surface area (Å²) < 4.78 is 36.6. The number of benzene rings is 1. The minimum atomic E-state index is -4.29. The van der Waals surface area contributed by atoms with Gasteiger partial charge in [0.2, 0.25) is 0 Å². The molecule has 0 bridgehead atoms. The summed E-state index contributed by atoms with van der Waals surface area (Å²) in [7, 11) is 3.31. The topological polar surface area (TPSA) is 16.6 Å². The van der Waals surface area contributed by atoms with E-state index in [-0.39, 0.29) is 5.69 Å². The summed E-state index contributed by atoms with van der Waals surface area (Å²) in [6, 6.07) is 5.33. The van der Waals surface area contributed by atoms with E-state index in [0.717, 1.165) is 6.07 Å². The number of hydrogen-bond acceptors (Lipinski definition) is 0. The Labute approximate surface area is 68.2 Å². The molecule has 2 N–H and O–H groups in total. The Morgan fingerprint density at radius 2 is 1.75 bits per heavy atom. The normalized spacial score (nSPS) is 11.7. The number of quaternary nitrogens is 1. The molecule has 66 valence electrons. The van der Waals surface area contributed by atoms with Crippen molar-refractivity contribution < 1.29 is 18.5 Å². The molecule has 1 aromatic rings. The molecule has 1 aromatic carbocycles. The molecule has 0 aromatic heterocycles. The largest absolute Gasteiger partial charge is 0.445 e. The van der Waals surface area contributed by atoms with E-state index in [1.165, 1.54) is 17.4 Å². The lowest BCUT2D eigenvalue weighted by atomic mass is 10.2. The predicted octanol–water partition coefficient (Wildman–Crippen LogP) is 1.69. The van der Waals surface area contributed by atoms with Gasteiger partial charge in [-0.2, -0.15) is 13.2 Å². The first-order valence-corrected chi connectivity index (χ1v) is 3.34. The molecule has 1 rings (SSSR count). The number of para-hydroxylation sites is 1. The quantitative estimate of drug-likeness (QED) is 0.494. The van der Waals surface area contributed by atoms with Crippen LogP contribution in [0.3, 0.4) is 0 Å². The van der Waals surface area contributed by atoms with Crippen molar-refractivity contribution in [1.82, 2.24) is 0 Å². The Balaban J connectivity index is 3.14. The van der Waals surface area contributed by atoms with E-state index in [2.05, 4.69) is 7.05 Å². The van der Waals surface area contributed by atoms with Crippen LogP contribution in [0.4, 0.5) is 18.9 Å². The van der Waals surface area contributed by atoms with Gasteiger partial charge >= 0.3 is 6.18 Å². The van der Waals surface area contributed by atoms with Crippen LogP contribution in [0.2, 0.25) is 0 Å². The fourth-order valence-electron chi connectivity index (χ4n) is 0.933. The highest BCUT2D eigenvalue weighted by molar-refractivity contribution is 5.40. The monoisotopic (exact) mass is 175 g/mol. The summed E-state index contributed by atoms with van der Waals surface area (Å²) in [6.45, 7) is 0. The number of rotatable bonds is 1. The van der Waals surface area contributed by atoms with Crippen LogP contribution in [0.25, 0.3) is 0 Å². The van der Waals surface area contributed by atoms with E-state index in [1.54, 1.807) is 6.07 Å². The van der Waals surface area contributed by atoms with Crippen LogP contribution in [-0.4, -0.2) is 0 Å². The summed E-state index contributed by atoms with van der Waals surface area (Å²) in [5.74, 6) is 0. The molecular weight excluding hydrogens is 167 g/mol. The van der Waals surface area contributed by atoms with E-state index in [4.69, 9.17) is 0 Å². The average molecular weight is 175 g/mol. The van der Waals surface area contributed by atoms with Gasteiger partial charge in [-0.05, 0) is 12.1 Å². The van der Waals surface area contributed by atoms with Crippen molar-refractivity contribution in [3.8, 4) is 0 Å². The van der Waals surface area contributed by atoms with Gasteiger partial charge < -0.3 is 5.32 Å². The van der Waals surface area contributed by atoms with Crippen LogP contribution in [0.5, 0.6) is 0 Å². The van der Waals surface area contributed by atoms with Crippen LogP contribution in [0.15, 0.2) is 24.3 Å². The molecule has 4 heteroatoms. The van der Waals surface area contributed by atoms with Gasteiger partial charge in [0, 0.05) is 0 Å². The van der Waals surface area contributed by atoms with Gasteiger partial charge in [-0.3, -0.25) is 0 Å². The van der Waals surface area contributed by atoms with E-state index in [0.29, 0.717) is 0 Å². The summed E-state index contributed by atoms with van der Waals surface area (Å²) >= 11 is 0. The molecule has 0 amide bonds. The molecular formula is C8H8F3N. The summed E-state index contributed by atoms with van der Waals surface area (Å²) in [5.41, 5.74) is -0.523. The van der Waals surface area contributed by atoms with E-state index in [1.807, 2.05) is 0 Å². The maximum Gasteiger partial charge on any atom is 0.422 e. The number of alkyl halides is 3. The first-order chi connectivity index (χ1) is 5.55. The van der Waals surface area contributed by atoms with E-state index in [9.17, 15) is 13.2 Å². The van der Waals surface area contributed by atoms with Crippen molar-refractivity contribution in [2.45, 2.75) is 6.18 Å². The zero-order chi connectivity index (χ0) is 9.19. The highest BCUT2D eigenvalue weighted by Gasteiger charge is 2.33. The van der Waals surface area contributed by atoms with Gasteiger partial charge in [-0.1, -0.05) is 12.1 Å². The molecule has 0 heterocycles. The second kappa shape index (κ2) is 3.15. The number of nitrogens with two attached hydrogens (primary N) is 1. The minimum absolute atomic E-state index is 0.116. The Hall–Kier alpha value is -1.03. The third-order valence-electron chi connectivity index (χ3n) is 1.49. The molecule has 0 aliphatic heterocycles. The third-order valence-corrected chi connectivity index (χ3v) is 1.49. The number of hydrogen-bond donors (Lipinski definition) is 1. The van der Waals surface area contributed by atoms with Crippen molar-refractivity contribution in [2.75, 3.05) is 0 Å². The molecule has 1 nitrogen and oxygen atoms in total. The lowest BCUT2D eigenvalue weighted by Crippen LogP contribution is -2.70. The molecule has 0 radical (unpaired) electrons. The molecule has 0 spiro atoms. The predicted molar refractivity (Wildman–Crippen MR) is 38.4 cm³/mol. The second-order valence-electron chi connectivity index (χ2n) is 2.29. The first-order valence-electron chi connectivity index (χ1n) is 3.34. The lowest BCUT2D eigenvalue weighted by molar-refractivity contribution is -0.506. The van der Waals surface area contributed by atoms with Gasteiger partial charge in [-0.15, -0.1) is 7.05 Å². The van der Waals surface area contributed by atoms with Crippen molar-refractivity contribution in [1.29, 1.82) is 0 Å². The van der Waals surface area contributed by atoms with Gasteiger partial charge in [0.25, 0.3) is 0 Å². The van der Waals surface area contributed by atoms with Crippen LogP contribution >= 0.6 is 0 Å². The zero-order valence-electron chi connectivity index (χ0n) is 6.23. The van der Waals surface area contributed by atoms with Gasteiger partial charge in [0.15, 0.2) is 0 Å². The maximum atomic E-state index is 12.2. The molecule has 0 fully saturated rings. The second-order valence-corrected chi connectivity index (χ2v) is 2.29. The van der Waals surface area contributed by atoms with Gasteiger partial charge in [-0.25, -0.2) is 0 Å². The molecule has 12 heavy (non-hydrogen) atoms. The Morgan fingerprint density at radius 1 is 1.17 bits per heavy atom. The van der Waals surface area contributed by atoms with E-state index >= 15 is 0 Å². The average Bonchev–Trinajstić information content (AvgIpc) is 2.03. The van der Waals surface area contributed by atoms with Crippen LogP contribution in [0, 0.1) is 7.05 Å². The van der Waals surface area contributed by atoms with Crippen molar-refractivity contribution in [3.05, 3.63) is 36.9 Å². The molecule has 0 aliphatic carbocycles. The van der Waals surface area contributed by atoms with Crippen molar-refractivity contribution in [3.63, 3.8) is 0 Å². The Kier molecular flexibility index (Phi) is 2.38. The minimum Gasteiger partial charge on any atom is -0.445 e. The standard InChI is InChI=1S/C8H8F3N/c1-12-7-5-3-2-4-6(7)8(9,10)11/h2-5H,1,12H2. The molecule has 0 aliphatic rings. The fourth-order valence-corrected chi connectivity index (χ4v) is 0.933. The van der Waals surface area contributed by atoms with Crippen LogP contribution in [0.1, 0.15) is 5.56 Å². The fraction of sp³-hybridized carbons (Fsp3) is 0.125. The molecule has 0 unspecified atom stereocenters. The Bertz CT molecular complexity index is 267. The number of halogens is 3. The molecule has 0 atom stereocenters. The highest BCUT2D eigenvalue weighted by Crippen LogP contribution is 2.32. The van der Waals surface area contributed by atoms with Gasteiger partial charge in [0.1, 0.15) is 11.3 Å². The highest BCUT2D eigenvalue weighted by atomic mass is 19.4. The van der Waals surface area contributed by atoms with Crippen LogP contribution < -0.4 is 5.32 Å². The van der Waals surface area contributed by atoms with Crippen molar-refractivity contribution in [2.24, 2.45) is 0 Å². The zero-order valence-corrected chi connectivity index (χ0v) is 6.23. The van der Waals surface area contributed by atoms with Gasteiger partial charge in [0.05, 0.1) is 0 Å². The Morgan fingerprint density at radius 3 is 2.17 bits per heavy atom.